The lowest BCUT2D eigenvalue weighted by atomic mass is 9.98. The second kappa shape index (κ2) is 4.11. The van der Waals surface area contributed by atoms with Crippen LogP contribution in [0, 0.1) is 5.92 Å². The van der Waals surface area contributed by atoms with Crippen LogP contribution < -0.4 is 0 Å². The average Bonchev–Trinajstić information content (AvgIpc) is 2.16. The fraction of sp³-hybridized carbons (Fsp3) is 0.750. The Morgan fingerprint density at radius 2 is 2.46 bits per heavy atom. The van der Waals surface area contributed by atoms with Crippen molar-refractivity contribution in [2.75, 3.05) is 20.2 Å². The third kappa shape index (κ3) is 2.11. The number of piperidine rings is 1. The van der Waals surface area contributed by atoms with Gasteiger partial charge in [-0.3, -0.25) is 0 Å². The van der Waals surface area contributed by atoms with E-state index in [1.54, 1.807) is 4.90 Å². The van der Waals surface area contributed by atoms with E-state index >= 15 is 0 Å². The first-order valence-corrected chi connectivity index (χ1v) is 4.22. The predicted molar refractivity (Wildman–Crippen MR) is 47.0 cm³/mol. The minimum absolute atomic E-state index is 0.109. The Morgan fingerprint density at radius 3 is 2.92 bits per heavy atom. The number of oxime groups is 1. The molecule has 5 heteroatoms. The van der Waals surface area contributed by atoms with E-state index in [1.165, 1.54) is 7.11 Å². The first-order valence-electron chi connectivity index (χ1n) is 4.22. The van der Waals surface area contributed by atoms with E-state index in [-0.39, 0.29) is 12.0 Å². The molecule has 0 radical (unpaired) electrons. The van der Waals surface area contributed by atoms with Gasteiger partial charge in [0.25, 0.3) is 0 Å². The van der Waals surface area contributed by atoms with Crippen LogP contribution in [0.4, 0.5) is 4.79 Å². The fourth-order valence-corrected chi connectivity index (χ4v) is 1.47. The molecule has 0 spiro atoms. The molecule has 0 aromatic heterocycles. The molecule has 1 heterocycles. The number of hydrogen-bond acceptors (Lipinski definition) is 4. The zero-order valence-corrected chi connectivity index (χ0v) is 7.86. The molecule has 0 aliphatic carbocycles. The zero-order valence-electron chi connectivity index (χ0n) is 7.86. The molecule has 5 nitrogen and oxygen atoms in total. The summed E-state index contributed by atoms with van der Waals surface area (Å²) in [6, 6.07) is 0. The van der Waals surface area contributed by atoms with Gasteiger partial charge in [-0.05, 0) is 0 Å². The maximum absolute atomic E-state index is 11.1. The summed E-state index contributed by atoms with van der Waals surface area (Å²) in [5.41, 5.74) is 0.750. The molecular formula is C8H14N2O3. The van der Waals surface area contributed by atoms with Crippen LogP contribution in [0.1, 0.15) is 13.3 Å². The van der Waals surface area contributed by atoms with Crippen molar-refractivity contribution in [1.29, 1.82) is 0 Å². The van der Waals surface area contributed by atoms with E-state index in [0.717, 1.165) is 5.71 Å². The first-order chi connectivity index (χ1) is 6.19. The largest absolute Gasteiger partial charge is 0.453 e. The van der Waals surface area contributed by atoms with Gasteiger partial charge in [0.15, 0.2) is 0 Å². The summed E-state index contributed by atoms with van der Waals surface area (Å²) in [7, 11) is 1.36. The minimum atomic E-state index is -0.316. The molecule has 1 fully saturated rings. The van der Waals surface area contributed by atoms with Crippen LogP contribution >= 0.6 is 0 Å². The van der Waals surface area contributed by atoms with Crippen molar-refractivity contribution in [3.63, 3.8) is 0 Å². The zero-order chi connectivity index (χ0) is 9.84. The molecule has 1 aliphatic heterocycles. The highest BCUT2D eigenvalue weighted by molar-refractivity contribution is 5.88. The van der Waals surface area contributed by atoms with Gasteiger partial charge in [0.2, 0.25) is 0 Å². The molecular weight excluding hydrogens is 172 g/mol. The van der Waals surface area contributed by atoms with Gasteiger partial charge in [-0.2, -0.15) is 0 Å². The van der Waals surface area contributed by atoms with Gasteiger partial charge in [0.1, 0.15) is 0 Å². The maximum Gasteiger partial charge on any atom is 0.409 e. The summed E-state index contributed by atoms with van der Waals surface area (Å²) in [6.07, 6.45) is 0.302. The van der Waals surface area contributed by atoms with Crippen molar-refractivity contribution in [3.8, 4) is 0 Å². The van der Waals surface area contributed by atoms with E-state index in [4.69, 9.17) is 5.21 Å². The third-order valence-electron chi connectivity index (χ3n) is 2.26. The number of nitrogens with zero attached hydrogens (tertiary/aromatic N) is 2. The molecule has 13 heavy (non-hydrogen) atoms. The minimum Gasteiger partial charge on any atom is -0.453 e. The highest BCUT2D eigenvalue weighted by atomic mass is 16.5. The standard InChI is InChI=1S/C8H14N2O3/c1-6-5-10(8(11)13-2)4-3-7(6)9-12/h6,12H,3-5H2,1-2H3/b9-7+. The first kappa shape index (κ1) is 9.83. The molecule has 0 bridgehead atoms. The van der Waals surface area contributed by atoms with E-state index in [9.17, 15) is 4.79 Å². The van der Waals surface area contributed by atoms with E-state index in [2.05, 4.69) is 9.89 Å². The topological polar surface area (TPSA) is 62.1 Å². The number of rotatable bonds is 0. The van der Waals surface area contributed by atoms with Crippen LogP contribution in [0.15, 0.2) is 5.16 Å². The molecule has 74 valence electrons. The average molecular weight is 186 g/mol. The SMILES string of the molecule is COC(=O)N1CC/C(=N\O)C(C)C1. The number of methoxy groups -OCH3 is 1. The quantitative estimate of drug-likeness (QED) is 0.452. The van der Waals surface area contributed by atoms with Gasteiger partial charge in [0, 0.05) is 25.4 Å². The molecule has 1 amide bonds. The van der Waals surface area contributed by atoms with Gasteiger partial charge >= 0.3 is 6.09 Å². The summed E-state index contributed by atoms with van der Waals surface area (Å²) < 4.78 is 4.59. The predicted octanol–water partition coefficient (Wildman–Crippen LogP) is 0.925. The summed E-state index contributed by atoms with van der Waals surface area (Å²) in [4.78, 5) is 12.7. The number of carbonyl (C=O) groups excluding carboxylic acids is 1. The summed E-state index contributed by atoms with van der Waals surface area (Å²) in [6.45, 7) is 3.05. The Bertz CT molecular complexity index is 227. The maximum atomic E-state index is 11.1. The number of ether oxygens (including phenoxy) is 1. The van der Waals surface area contributed by atoms with Crippen molar-refractivity contribution < 1.29 is 14.7 Å². The van der Waals surface area contributed by atoms with Crippen molar-refractivity contribution >= 4 is 11.8 Å². The highest BCUT2D eigenvalue weighted by Gasteiger charge is 2.25. The molecule has 1 N–H and O–H groups in total. The monoisotopic (exact) mass is 186 g/mol. The highest BCUT2D eigenvalue weighted by Crippen LogP contribution is 2.14. The van der Waals surface area contributed by atoms with Crippen LogP contribution in [0.5, 0.6) is 0 Å². The molecule has 1 rings (SSSR count). The molecule has 1 saturated heterocycles. The number of amides is 1. The smallest absolute Gasteiger partial charge is 0.409 e. The fourth-order valence-electron chi connectivity index (χ4n) is 1.47. The Morgan fingerprint density at radius 1 is 1.77 bits per heavy atom. The van der Waals surface area contributed by atoms with Gasteiger partial charge in [-0.1, -0.05) is 12.1 Å². The van der Waals surface area contributed by atoms with E-state index in [1.807, 2.05) is 6.92 Å². The Kier molecular flexibility index (Phi) is 3.11. The molecule has 0 saturated carbocycles. The van der Waals surface area contributed by atoms with Crippen molar-refractivity contribution in [2.24, 2.45) is 11.1 Å². The Hall–Kier alpha value is -1.26. The van der Waals surface area contributed by atoms with Gasteiger partial charge < -0.3 is 14.8 Å². The summed E-state index contributed by atoms with van der Waals surface area (Å²) in [5, 5.41) is 11.8. The van der Waals surface area contributed by atoms with Crippen LogP contribution in [0.25, 0.3) is 0 Å². The van der Waals surface area contributed by atoms with Crippen LogP contribution in [-0.2, 0) is 4.74 Å². The lowest BCUT2D eigenvalue weighted by molar-refractivity contribution is 0.118. The van der Waals surface area contributed by atoms with E-state index in [0.29, 0.717) is 19.5 Å². The van der Waals surface area contributed by atoms with Crippen LogP contribution in [0.3, 0.4) is 0 Å². The Balaban J connectivity index is 2.55. The second-order valence-corrected chi connectivity index (χ2v) is 3.16. The normalized spacial score (nSPS) is 26.2. The molecule has 0 aromatic carbocycles. The molecule has 1 aliphatic rings. The molecule has 1 atom stereocenters. The van der Waals surface area contributed by atoms with Gasteiger partial charge in [-0.25, -0.2) is 4.79 Å². The van der Waals surface area contributed by atoms with Crippen LogP contribution in [0.2, 0.25) is 0 Å². The van der Waals surface area contributed by atoms with Crippen LogP contribution in [-0.4, -0.2) is 42.1 Å². The molecule has 0 aromatic rings. The number of hydrogen-bond donors (Lipinski definition) is 1. The van der Waals surface area contributed by atoms with Crippen molar-refractivity contribution in [1.82, 2.24) is 4.90 Å². The Labute approximate surface area is 77.0 Å². The van der Waals surface area contributed by atoms with Crippen molar-refractivity contribution in [2.45, 2.75) is 13.3 Å². The lowest BCUT2D eigenvalue weighted by Gasteiger charge is -2.30. The number of likely N-dealkylation sites (tertiary alicyclic amines) is 1. The van der Waals surface area contributed by atoms with Crippen molar-refractivity contribution in [3.05, 3.63) is 0 Å². The number of carbonyl (C=O) groups is 1. The summed E-state index contributed by atoms with van der Waals surface area (Å²) >= 11 is 0. The lowest BCUT2D eigenvalue weighted by Crippen LogP contribution is -2.43. The van der Waals surface area contributed by atoms with Gasteiger partial charge in [-0.15, -0.1) is 0 Å². The second-order valence-electron chi connectivity index (χ2n) is 3.16. The third-order valence-corrected chi connectivity index (χ3v) is 2.26. The molecule has 1 unspecified atom stereocenters. The summed E-state index contributed by atoms with van der Waals surface area (Å²) in [5.74, 6) is 0.109. The van der Waals surface area contributed by atoms with Gasteiger partial charge in [0.05, 0.1) is 12.8 Å². The van der Waals surface area contributed by atoms with E-state index < -0.39 is 0 Å².